The second-order valence-corrected chi connectivity index (χ2v) is 8.56. The largest absolute Gasteiger partial charge is 0.366 e. The molecule has 156 valence electrons. The van der Waals surface area contributed by atoms with E-state index < -0.39 is 0 Å². The third-order valence-electron chi connectivity index (χ3n) is 5.80. The molecule has 6 heteroatoms. The molecular weight excluding hydrogens is 398 g/mol. The smallest absolute Gasteiger partial charge is 0.238 e. The summed E-state index contributed by atoms with van der Waals surface area (Å²) < 4.78 is 0. The number of nitrogens with one attached hydrogen (secondary N) is 1. The number of hydrogen-bond acceptors (Lipinski definition) is 4. The van der Waals surface area contributed by atoms with Gasteiger partial charge in [0.05, 0.1) is 6.54 Å². The lowest BCUT2D eigenvalue weighted by Gasteiger charge is -2.41. The van der Waals surface area contributed by atoms with Crippen LogP contribution in [0.25, 0.3) is 6.08 Å². The summed E-state index contributed by atoms with van der Waals surface area (Å²) in [6.45, 7) is 7.09. The fourth-order valence-corrected chi connectivity index (χ4v) is 4.31. The normalized spacial score (nSPS) is 19.0. The van der Waals surface area contributed by atoms with Gasteiger partial charge in [-0.25, -0.2) is 0 Å². The average molecular weight is 424 g/mol. The van der Waals surface area contributed by atoms with Crippen LogP contribution in [0.5, 0.6) is 0 Å². The number of allylic oxidation sites excluding steroid dienone is 1. The van der Waals surface area contributed by atoms with E-state index in [0.29, 0.717) is 19.0 Å². The quantitative estimate of drug-likeness (QED) is 0.809. The molecule has 1 saturated heterocycles. The molecule has 0 radical (unpaired) electrons. The Morgan fingerprint density at radius 2 is 2.00 bits per heavy atom. The molecule has 1 amide bonds. The predicted octanol–water partition coefficient (Wildman–Crippen LogP) is 3.94. The van der Waals surface area contributed by atoms with Crippen LogP contribution < -0.4 is 10.2 Å². The van der Waals surface area contributed by atoms with E-state index in [1.807, 2.05) is 37.3 Å². The van der Waals surface area contributed by atoms with Crippen LogP contribution in [-0.2, 0) is 16.0 Å². The number of halogens is 1. The Labute approximate surface area is 182 Å². The lowest BCUT2D eigenvalue weighted by molar-refractivity contribution is -0.117. The first-order valence-electron chi connectivity index (χ1n) is 10.3. The highest BCUT2D eigenvalue weighted by Crippen LogP contribution is 2.26. The molecule has 0 bridgehead atoms. The minimum absolute atomic E-state index is 0.0196. The monoisotopic (exact) mass is 423 g/mol. The SMILES string of the molecule is Cc1cc(N2CCN(CC(=O)Nc3ccc4c(c3)C=CC(=O)C4)C[C@H]2C)ccc1Cl. The summed E-state index contributed by atoms with van der Waals surface area (Å²) in [4.78, 5) is 28.7. The van der Waals surface area contributed by atoms with Crippen molar-refractivity contribution >= 4 is 40.7 Å². The zero-order valence-corrected chi connectivity index (χ0v) is 18.1. The molecular formula is C24H26ClN3O2. The van der Waals surface area contributed by atoms with Crippen molar-refractivity contribution in [3.05, 3.63) is 64.2 Å². The van der Waals surface area contributed by atoms with Gasteiger partial charge in [-0.3, -0.25) is 14.5 Å². The number of amides is 1. The number of aryl methyl sites for hydroxylation is 1. The van der Waals surface area contributed by atoms with Crippen LogP contribution in [0.2, 0.25) is 5.02 Å². The summed E-state index contributed by atoms with van der Waals surface area (Å²) >= 11 is 6.16. The van der Waals surface area contributed by atoms with Gasteiger partial charge in [-0.15, -0.1) is 0 Å². The number of anilines is 2. The fraction of sp³-hybridized carbons (Fsp3) is 0.333. The van der Waals surface area contributed by atoms with Gasteiger partial charge in [0.15, 0.2) is 5.78 Å². The van der Waals surface area contributed by atoms with Crippen LogP contribution in [0.1, 0.15) is 23.6 Å². The zero-order chi connectivity index (χ0) is 21.3. The molecule has 1 aliphatic carbocycles. The average Bonchev–Trinajstić information content (AvgIpc) is 2.70. The highest BCUT2D eigenvalue weighted by atomic mass is 35.5. The molecule has 1 atom stereocenters. The van der Waals surface area contributed by atoms with E-state index in [4.69, 9.17) is 11.6 Å². The fourth-order valence-electron chi connectivity index (χ4n) is 4.19. The summed E-state index contributed by atoms with van der Waals surface area (Å²) in [5.74, 6) is 0.0927. The van der Waals surface area contributed by atoms with Crippen molar-refractivity contribution in [2.24, 2.45) is 0 Å². The number of fused-ring (bicyclic) bond motifs is 1. The summed E-state index contributed by atoms with van der Waals surface area (Å²) in [7, 11) is 0. The minimum Gasteiger partial charge on any atom is -0.366 e. The second kappa shape index (κ2) is 8.62. The van der Waals surface area contributed by atoms with Crippen molar-refractivity contribution in [3.8, 4) is 0 Å². The number of benzene rings is 2. The molecule has 0 unspecified atom stereocenters. The number of carbonyl (C=O) groups excluding carboxylic acids is 2. The van der Waals surface area contributed by atoms with Crippen molar-refractivity contribution in [3.63, 3.8) is 0 Å². The van der Waals surface area contributed by atoms with E-state index >= 15 is 0 Å². The molecule has 30 heavy (non-hydrogen) atoms. The predicted molar refractivity (Wildman–Crippen MR) is 122 cm³/mol. The van der Waals surface area contributed by atoms with Gasteiger partial charge >= 0.3 is 0 Å². The number of rotatable bonds is 4. The topological polar surface area (TPSA) is 52.6 Å². The summed E-state index contributed by atoms with van der Waals surface area (Å²) in [6.07, 6.45) is 3.84. The third-order valence-corrected chi connectivity index (χ3v) is 6.22. The highest BCUT2D eigenvalue weighted by molar-refractivity contribution is 6.31. The molecule has 1 N–H and O–H groups in total. The van der Waals surface area contributed by atoms with Crippen molar-refractivity contribution in [2.45, 2.75) is 26.3 Å². The minimum atomic E-state index is -0.0196. The van der Waals surface area contributed by atoms with E-state index in [1.165, 1.54) is 5.69 Å². The molecule has 4 rings (SSSR count). The molecule has 1 heterocycles. The lowest BCUT2D eigenvalue weighted by atomic mass is 9.96. The maximum Gasteiger partial charge on any atom is 0.238 e. The summed E-state index contributed by atoms with van der Waals surface area (Å²) in [6, 6.07) is 12.2. The van der Waals surface area contributed by atoms with Crippen molar-refractivity contribution < 1.29 is 9.59 Å². The summed E-state index contributed by atoms with van der Waals surface area (Å²) in [5, 5.41) is 3.78. The first kappa shape index (κ1) is 20.6. The standard InChI is InChI=1S/C24H26ClN3O2/c1-16-11-21(6-8-23(16)25)28-10-9-27(14-17(28)2)15-24(30)26-20-5-3-19-13-22(29)7-4-18(19)12-20/h3-8,11-12,17H,9-10,13-15H2,1-2H3,(H,26,30)/t17-/m1/s1. The third kappa shape index (κ3) is 4.58. The molecule has 0 saturated carbocycles. The number of carbonyl (C=O) groups is 2. The van der Waals surface area contributed by atoms with Crippen LogP contribution in [0, 0.1) is 6.92 Å². The van der Waals surface area contributed by atoms with Gasteiger partial charge in [0, 0.05) is 48.5 Å². The number of nitrogens with zero attached hydrogens (tertiary/aromatic N) is 2. The first-order valence-corrected chi connectivity index (χ1v) is 10.7. The molecule has 1 aliphatic heterocycles. The molecule has 2 aromatic rings. The number of ketones is 1. The van der Waals surface area contributed by atoms with Crippen molar-refractivity contribution in [1.29, 1.82) is 0 Å². The maximum atomic E-state index is 12.6. The van der Waals surface area contributed by atoms with Crippen LogP contribution in [0.3, 0.4) is 0 Å². The molecule has 2 aromatic carbocycles. The van der Waals surface area contributed by atoms with E-state index in [2.05, 4.69) is 34.2 Å². The Morgan fingerprint density at radius 3 is 2.77 bits per heavy atom. The molecule has 0 spiro atoms. The van der Waals surface area contributed by atoms with Gasteiger partial charge in [0.1, 0.15) is 0 Å². The van der Waals surface area contributed by atoms with Crippen LogP contribution in [0.4, 0.5) is 11.4 Å². The van der Waals surface area contributed by atoms with E-state index in [0.717, 1.165) is 47.0 Å². The van der Waals surface area contributed by atoms with Crippen LogP contribution in [-0.4, -0.2) is 48.8 Å². The molecule has 2 aliphatic rings. The van der Waals surface area contributed by atoms with Crippen LogP contribution >= 0.6 is 11.6 Å². The van der Waals surface area contributed by atoms with Gasteiger partial charge in [0.2, 0.25) is 5.91 Å². The Kier molecular flexibility index (Phi) is 5.93. The maximum absolute atomic E-state index is 12.6. The Morgan fingerprint density at radius 1 is 1.17 bits per heavy atom. The molecule has 0 aromatic heterocycles. The summed E-state index contributed by atoms with van der Waals surface area (Å²) in [5.41, 5.74) is 5.01. The van der Waals surface area contributed by atoms with Crippen molar-refractivity contribution in [1.82, 2.24) is 4.90 Å². The number of piperazine rings is 1. The van der Waals surface area contributed by atoms with E-state index in [1.54, 1.807) is 6.08 Å². The Hall–Kier alpha value is -2.63. The van der Waals surface area contributed by atoms with Gasteiger partial charge < -0.3 is 10.2 Å². The Bertz CT molecular complexity index is 1020. The lowest BCUT2D eigenvalue weighted by Crippen LogP contribution is -2.53. The van der Waals surface area contributed by atoms with Gasteiger partial charge in [-0.1, -0.05) is 23.7 Å². The Balaban J connectivity index is 1.33. The van der Waals surface area contributed by atoms with Gasteiger partial charge in [-0.2, -0.15) is 0 Å². The zero-order valence-electron chi connectivity index (χ0n) is 17.3. The van der Waals surface area contributed by atoms with Crippen LogP contribution in [0.15, 0.2) is 42.5 Å². The van der Waals surface area contributed by atoms with E-state index in [-0.39, 0.29) is 11.7 Å². The van der Waals surface area contributed by atoms with Gasteiger partial charge in [0.25, 0.3) is 0 Å². The highest BCUT2D eigenvalue weighted by Gasteiger charge is 2.25. The molecule has 5 nitrogen and oxygen atoms in total. The first-order chi connectivity index (χ1) is 14.4. The molecule has 1 fully saturated rings. The van der Waals surface area contributed by atoms with Crippen molar-refractivity contribution in [2.75, 3.05) is 36.4 Å². The second-order valence-electron chi connectivity index (χ2n) is 8.15. The van der Waals surface area contributed by atoms with Gasteiger partial charge in [-0.05, 0) is 66.9 Å². The van der Waals surface area contributed by atoms with E-state index in [9.17, 15) is 9.59 Å². The number of hydrogen-bond donors (Lipinski definition) is 1.